The first-order valence-corrected chi connectivity index (χ1v) is 6.07. The highest BCUT2D eigenvalue weighted by molar-refractivity contribution is 5.56. The highest BCUT2D eigenvalue weighted by Gasteiger charge is 2.08. The summed E-state index contributed by atoms with van der Waals surface area (Å²) < 4.78 is 1.67. The molecule has 6 nitrogen and oxygen atoms in total. The van der Waals surface area contributed by atoms with Gasteiger partial charge in [-0.1, -0.05) is 0 Å². The fourth-order valence-electron chi connectivity index (χ4n) is 1.90. The minimum atomic E-state index is 0.597. The van der Waals surface area contributed by atoms with Crippen LogP contribution in [0.25, 0.3) is 0 Å². The number of hydrogen-bond acceptors (Lipinski definition) is 5. The Morgan fingerprint density at radius 3 is 2.84 bits per heavy atom. The first-order valence-electron chi connectivity index (χ1n) is 6.07. The van der Waals surface area contributed by atoms with Gasteiger partial charge in [0.25, 0.3) is 0 Å². The van der Waals surface area contributed by atoms with Gasteiger partial charge in [-0.2, -0.15) is 10.4 Å². The first kappa shape index (κ1) is 13.0. The summed E-state index contributed by atoms with van der Waals surface area (Å²) in [5.74, 6) is 1.41. The van der Waals surface area contributed by atoms with Crippen molar-refractivity contribution in [3.63, 3.8) is 0 Å². The summed E-state index contributed by atoms with van der Waals surface area (Å²) in [6.07, 6.45) is 2.37. The molecule has 0 saturated heterocycles. The van der Waals surface area contributed by atoms with E-state index < -0.39 is 0 Å². The van der Waals surface area contributed by atoms with Gasteiger partial charge in [-0.15, -0.1) is 0 Å². The van der Waals surface area contributed by atoms with E-state index >= 15 is 0 Å². The summed E-state index contributed by atoms with van der Waals surface area (Å²) in [6, 6.07) is 4.09. The lowest BCUT2D eigenvalue weighted by Gasteiger charge is -2.09. The number of hydrogen-bond donors (Lipinski definition) is 1. The molecule has 0 atom stereocenters. The van der Waals surface area contributed by atoms with Gasteiger partial charge in [0.15, 0.2) is 5.82 Å². The Balaban J connectivity index is 2.05. The van der Waals surface area contributed by atoms with Crippen molar-refractivity contribution in [3.05, 3.63) is 35.0 Å². The Bertz CT molecular complexity index is 623. The highest BCUT2D eigenvalue weighted by atomic mass is 15.3. The number of nitrogens with one attached hydrogen (secondary N) is 1. The maximum atomic E-state index is 9.15. The highest BCUT2D eigenvalue weighted by Crippen LogP contribution is 2.17. The molecule has 0 bridgehead atoms. The van der Waals surface area contributed by atoms with E-state index in [4.69, 9.17) is 5.26 Å². The van der Waals surface area contributed by atoms with E-state index in [1.165, 1.54) is 0 Å². The van der Waals surface area contributed by atoms with E-state index in [-0.39, 0.29) is 0 Å². The summed E-state index contributed by atoms with van der Waals surface area (Å²) in [5, 5.41) is 16.5. The van der Waals surface area contributed by atoms with Gasteiger partial charge in [0.2, 0.25) is 0 Å². The molecule has 0 aliphatic heterocycles. The number of pyridine rings is 1. The molecule has 19 heavy (non-hydrogen) atoms. The van der Waals surface area contributed by atoms with E-state index in [0.717, 1.165) is 17.1 Å². The van der Waals surface area contributed by atoms with Crippen LogP contribution in [0.1, 0.15) is 22.6 Å². The van der Waals surface area contributed by atoms with Crippen LogP contribution < -0.4 is 5.32 Å². The zero-order valence-electron chi connectivity index (χ0n) is 11.3. The zero-order chi connectivity index (χ0) is 13.8. The molecule has 2 aromatic rings. The second-order valence-corrected chi connectivity index (χ2v) is 4.43. The quantitative estimate of drug-likeness (QED) is 0.893. The fourth-order valence-corrected chi connectivity index (χ4v) is 1.90. The summed E-state index contributed by atoms with van der Waals surface area (Å²) in [5.41, 5.74) is 2.43. The van der Waals surface area contributed by atoms with Crippen LogP contribution in [0.5, 0.6) is 0 Å². The monoisotopic (exact) mass is 256 g/mol. The Morgan fingerprint density at radius 2 is 2.21 bits per heavy atom. The van der Waals surface area contributed by atoms with Crippen molar-refractivity contribution in [2.24, 2.45) is 7.05 Å². The molecule has 98 valence electrons. The van der Waals surface area contributed by atoms with Crippen LogP contribution in [0.15, 0.2) is 12.4 Å². The molecule has 0 aromatic carbocycles. The molecule has 0 unspecified atom stereocenters. The molecule has 0 saturated carbocycles. The van der Waals surface area contributed by atoms with Crippen molar-refractivity contribution in [1.82, 2.24) is 19.7 Å². The average molecular weight is 256 g/mol. The van der Waals surface area contributed by atoms with Gasteiger partial charge in [0.1, 0.15) is 18.2 Å². The third-order valence-electron chi connectivity index (χ3n) is 2.74. The molecular weight excluding hydrogens is 240 g/mol. The summed E-state index contributed by atoms with van der Waals surface area (Å²) in [7, 11) is 1.84. The van der Waals surface area contributed by atoms with Gasteiger partial charge in [0, 0.05) is 25.7 Å². The number of anilines is 1. The van der Waals surface area contributed by atoms with Crippen molar-refractivity contribution in [2.75, 3.05) is 11.9 Å². The fraction of sp³-hybridized carbons (Fsp3) is 0.385. The van der Waals surface area contributed by atoms with Crippen molar-refractivity contribution in [3.8, 4) is 6.07 Å². The standard InChI is InChI=1S/C13H16N6/c1-9-6-10(2)17-13(11(9)7-14)15-5-4-12-16-8-19(3)18-12/h6,8H,4-5H2,1-3H3,(H,15,17). The predicted molar refractivity (Wildman–Crippen MR) is 71.6 cm³/mol. The second kappa shape index (κ2) is 5.48. The van der Waals surface area contributed by atoms with Gasteiger partial charge >= 0.3 is 0 Å². The Morgan fingerprint density at radius 1 is 1.42 bits per heavy atom. The van der Waals surface area contributed by atoms with Crippen LogP contribution in [0.3, 0.4) is 0 Å². The van der Waals surface area contributed by atoms with Crippen LogP contribution in [0, 0.1) is 25.2 Å². The van der Waals surface area contributed by atoms with E-state index in [1.54, 1.807) is 11.0 Å². The van der Waals surface area contributed by atoms with E-state index in [1.807, 2.05) is 27.0 Å². The smallest absolute Gasteiger partial charge is 0.152 e. The third kappa shape index (κ3) is 3.07. The van der Waals surface area contributed by atoms with Gasteiger partial charge in [-0.25, -0.2) is 9.97 Å². The van der Waals surface area contributed by atoms with Crippen LogP contribution in [-0.4, -0.2) is 26.3 Å². The topological polar surface area (TPSA) is 79.4 Å². The minimum absolute atomic E-state index is 0.597. The summed E-state index contributed by atoms with van der Waals surface area (Å²) >= 11 is 0. The first-order chi connectivity index (χ1) is 9.10. The Labute approximate surface area is 112 Å². The molecule has 0 aliphatic carbocycles. The third-order valence-corrected chi connectivity index (χ3v) is 2.74. The molecule has 2 rings (SSSR count). The van der Waals surface area contributed by atoms with Crippen molar-refractivity contribution in [2.45, 2.75) is 20.3 Å². The number of rotatable bonds is 4. The van der Waals surface area contributed by atoms with Crippen LogP contribution in [-0.2, 0) is 13.5 Å². The molecule has 0 amide bonds. The lowest BCUT2D eigenvalue weighted by molar-refractivity contribution is 0.741. The van der Waals surface area contributed by atoms with Crippen LogP contribution in [0.2, 0.25) is 0 Å². The van der Waals surface area contributed by atoms with Crippen molar-refractivity contribution >= 4 is 5.82 Å². The maximum Gasteiger partial charge on any atom is 0.152 e. The van der Waals surface area contributed by atoms with Gasteiger partial charge in [0.05, 0.1) is 5.56 Å². The molecule has 0 radical (unpaired) electrons. The molecular formula is C13H16N6. The Kier molecular flexibility index (Phi) is 3.76. The van der Waals surface area contributed by atoms with Crippen LogP contribution in [0.4, 0.5) is 5.82 Å². The molecule has 0 fully saturated rings. The lowest BCUT2D eigenvalue weighted by atomic mass is 10.1. The molecule has 0 spiro atoms. The summed E-state index contributed by atoms with van der Waals surface area (Å²) in [6.45, 7) is 4.48. The number of aryl methyl sites for hydroxylation is 3. The van der Waals surface area contributed by atoms with Gasteiger partial charge in [-0.05, 0) is 25.5 Å². The van der Waals surface area contributed by atoms with Crippen LogP contribution >= 0.6 is 0 Å². The average Bonchev–Trinajstić information content (AvgIpc) is 2.74. The number of nitriles is 1. The Hall–Kier alpha value is -2.42. The maximum absolute atomic E-state index is 9.15. The summed E-state index contributed by atoms with van der Waals surface area (Å²) in [4.78, 5) is 8.51. The zero-order valence-corrected chi connectivity index (χ0v) is 11.3. The lowest BCUT2D eigenvalue weighted by Crippen LogP contribution is -2.10. The van der Waals surface area contributed by atoms with E-state index in [0.29, 0.717) is 24.3 Å². The largest absolute Gasteiger partial charge is 0.369 e. The molecule has 6 heteroatoms. The molecule has 0 aliphatic rings. The number of aromatic nitrogens is 4. The minimum Gasteiger partial charge on any atom is -0.369 e. The molecule has 1 N–H and O–H groups in total. The second-order valence-electron chi connectivity index (χ2n) is 4.43. The van der Waals surface area contributed by atoms with Gasteiger partial charge in [-0.3, -0.25) is 4.68 Å². The van der Waals surface area contributed by atoms with E-state index in [9.17, 15) is 0 Å². The molecule has 2 heterocycles. The predicted octanol–water partition coefficient (Wildman–Crippen LogP) is 1.35. The molecule has 2 aromatic heterocycles. The van der Waals surface area contributed by atoms with Gasteiger partial charge < -0.3 is 5.32 Å². The van der Waals surface area contributed by atoms with Crippen molar-refractivity contribution in [1.29, 1.82) is 5.26 Å². The SMILES string of the molecule is Cc1cc(C)c(C#N)c(NCCc2ncn(C)n2)n1. The number of nitrogens with zero attached hydrogens (tertiary/aromatic N) is 5. The van der Waals surface area contributed by atoms with E-state index in [2.05, 4.69) is 26.5 Å². The normalized spacial score (nSPS) is 10.2. The van der Waals surface area contributed by atoms with Crippen molar-refractivity contribution < 1.29 is 0 Å².